The summed E-state index contributed by atoms with van der Waals surface area (Å²) >= 11 is 0. The van der Waals surface area contributed by atoms with Crippen molar-refractivity contribution in [2.75, 3.05) is 0 Å². The van der Waals surface area contributed by atoms with E-state index in [9.17, 15) is 0 Å². The van der Waals surface area contributed by atoms with Crippen molar-refractivity contribution in [1.29, 1.82) is 5.26 Å². The molecule has 0 unspecified atom stereocenters. The molecule has 0 aliphatic carbocycles. The van der Waals surface area contributed by atoms with Crippen LogP contribution in [0.4, 0.5) is 0 Å². The molecule has 2 aromatic rings. The Labute approximate surface area is 94.9 Å². The van der Waals surface area contributed by atoms with Crippen molar-refractivity contribution in [1.82, 2.24) is 0 Å². The monoisotopic (exact) mass is 215 g/mol. The zero-order chi connectivity index (χ0) is 11.9. The second-order valence-corrected chi connectivity index (χ2v) is 4.96. The summed E-state index contributed by atoms with van der Waals surface area (Å²) in [7, 11) is 0. The second kappa shape index (κ2) is 3.34. The number of benzene rings is 1. The normalized spacial score (nSPS) is 11.7. The highest BCUT2D eigenvalue weighted by Gasteiger charge is 2.31. The molecule has 0 amide bonds. The summed E-state index contributed by atoms with van der Waals surface area (Å²) in [4.78, 5) is 0. The molecule has 2 rings (SSSR count). The number of hydrogen-bond acceptors (Lipinski definition) is 2. The van der Waals surface area contributed by atoms with Crippen molar-refractivity contribution in [3.63, 3.8) is 0 Å². The van der Waals surface area contributed by atoms with Crippen LogP contribution in [-0.2, 0) is 5.54 Å². The van der Waals surface area contributed by atoms with Gasteiger partial charge < -0.3 is 0 Å². The minimum atomic E-state index is -0.0966. The van der Waals surface area contributed by atoms with Crippen LogP contribution in [0.15, 0.2) is 22.7 Å². The maximum atomic E-state index is 8.87. The maximum absolute atomic E-state index is 8.87. The fraction of sp³-hybridized carbons (Fsp3) is 0.385. The van der Waals surface area contributed by atoms with E-state index in [-0.39, 0.29) is 5.54 Å². The molecule has 16 heavy (non-hydrogen) atoms. The minimum Gasteiger partial charge on any atom is -0.240 e. The molecule has 0 spiro atoms. The van der Waals surface area contributed by atoms with Gasteiger partial charge in [0, 0.05) is 33.8 Å². The number of hydrogen-bond donors (Lipinski definition) is 0. The van der Waals surface area contributed by atoms with Crippen LogP contribution < -0.4 is 4.74 Å². The summed E-state index contributed by atoms with van der Waals surface area (Å²) in [5, 5.41) is 9.88. The van der Waals surface area contributed by atoms with Gasteiger partial charge in [-0.25, -0.2) is 4.52 Å². The topological polar surface area (TPSA) is 40.8 Å². The number of nitriles is 1. The van der Waals surface area contributed by atoms with Gasteiger partial charge in [-0.15, -0.1) is 0 Å². The largest absolute Gasteiger partial charge is 0.262 e. The molecule has 0 aliphatic heterocycles. The van der Waals surface area contributed by atoms with Gasteiger partial charge in [0.15, 0.2) is 5.76 Å². The highest BCUT2D eigenvalue weighted by Crippen LogP contribution is 2.20. The van der Waals surface area contributed by atoms with Crippen molar-refractivity contribution in [2.45, 2.75) is 33.2 Å². The summed E-state index contributed by atoms with van der Waals surface area (Å²) in [6.07, 6.45) is 0. The Kier molecular flexibility index (Phi) is 2.23. The highest BCUT2D eigenvalue weighted by atomic mass is 16.5. The molecule has 0 radical (unpaired) electrons. The number of aromatic nitrogens is 1. The lowest BCUT2D eigenvalue weighted by Crippen LogP contribution is -2.48. The molecule has 3 nitrogen and oxygen atoms in total. The Bertz CT molecular complexity index is 582. The van der Waals surface area contributed by atoms with Crippen LogP contribution in [0, 0.1) is 18.3 Å². The molecule has 0 N–H and O–H groups in total. The summed E-state index contributed by atoms with van der Waals surface area (Å²) in [6, 6.07) is 7.77. The van der Waals surface area contributed by atoms with Gasteiger partial charge in [-0.1, -0.05) is 0 Å². The predicted molar refractivity (Wildman–Crippen MR) is 60.9 cm³/mol. The molecule has 82 valence electrons. The number of rotatable bonds is 0. The molecule has 0 saturated heterocycles. The van der Waals surface area contributed by atoms with Gasteiger partial charge in [0.1, 0.15) is 0 Å². The van der Waals surface area contributed by atoms with E-state index in [4.69, 9.17) is 9.78 Å². The van der Waals surface area contributed by atoms with Gasteiger partial charge in [-0.2, -0.15) is 5.26 Å². The molecule has 0 aliphatic rings. The third-order valence-corrected chi connectivity index (χ3v) is 2.56. The summed E-state index contributed by atoms with van der Waals surface area (Å²) in [6.45, 7) is 8.19. The fourth-order valence-corrected chi connectivity index (χ4v) is 1.80. The van der Waals surface area contributed by atoms with Crippen molar-refractivity contribution >= 4 is 10.9 Å². The van der Waals surface area contributed by atoms with Crippen molar-refractivity contribution < 1.29 is 9.26 Å². The Morgan fingerprint density at radius 2 is 2.00 bits per heavy atom. The zero-order valence-corrected chi connectivity index (χ0v) is 10.0. The van der Waals surface area contributed by atoms with E-state index in [1.807, 2.05) is 29.9 Å². The zero-order valence-electron chi connectivity index (χ0n) is 10.0. The summed E-state index contributed by atoms with van der Waals surface area (Å²) < 4.78 is 7.62. The average Bonchev–Trinajstić information content (AvgIpc) is 2.55. The van der Waals surface area contributed by atoms with Crippen LogP contribution in [0.3, 0.4) is 0 Å². The first-order valence-corrected chi connectivity index (χ1v) is 5.30. The highest BCUT2D eigenvalue weighted by molar-refractivity contribution is 5.79. The van der Waals surface area contributed by atoms with Crippen LogP contribution >= 0.6 is 0 Å². The molecular weight excluding hydrogens is 200 g/mol. The van der Waals surface area contributed by atoms with Gasteiger partial charge in [0.05, 0.1) is 17.0 Å². The van der Waals surface area contributed by atoms with E-state index in [2.05, 4.69) is 26.8 Å². The smallest absolute Gasteiger partial charge is 0.240 e. The quantitative estimate of drug-likeness (QED) is 0.634. The Morgan fingerprint density at radius 1 is 1.31 bits per heavy atom. The van der Waals surface area contributed by atoms with Gasteiger partial charge in [0.2, 0.25) is 5.54 Å². The van der Waals surface area contributed by atoms with E-state index in [1.54, 1.807) is 0 Å². The number of nitrogens with zero attached hydrogens (tertiary/aromatic N) is 2. The minimum absolute atomic E-state index is 0.0966. The molecular formula is C13H15N2O+. The lowest BCUT2D eigenvalue weighted by Gasteiger charge is -2.06. The average molecular weight is 215 g/mol. The molecule has 0 saturated carbocycles. The van der Waals surface area contributed by atoms with E-state index in [0.29, 0.717) is 5.56 Å². The second-order valence-electron chi connectivity index (χ2n) is 4.96. The molecule has 0 atom stereocenters. The molecule has 1 heterocycles. The molecule has 1 aromatic heterocycles. The van der Waals surface area contributed by atoms with Crippen LogP contribution in [-0.4, -0.2) is 0 Å². The van der Waals surface area contributed by atoms with Crippen molar-refractivity contribution in [3.05, 3.63) is 29.5 Å². The van der Waals surface area contributed by atoms with Crippen LogP contribution in [0.1, 0.15) is 32.1 Å². The summed E-state index contributed by atoms with van der Waals surface area (Å²) in [5.74, 6) is 0.849. The number of aryl methyl sites for hydroxylation is 1. The van der Waals surface area contributed by atoms with E-state index >= 15 is 0 Å². The fourth-order valence-electron chi connectivity index (χ4n) is 1.80. The van der Waals surface area contributed by atoms with E-state index < -0.39 is 0 Å². The Morgan fingerprint density at radius 3 is 2.56 bits per heavy atom. The van der Waals surface area contributed by atoms with Crippen molar-refractivity contribution in [3.8, 4) is 6.07 Å². The van der Waals surface area contributed by atoms with Gasteiger partial charge in [0.25, 0.3) is 5.52 Å². The lowest BCUT2D eigenvalue weighted by molar-refractivity contribution is -0.888. The first-order chi connectivity index (χ1) is 7.43. The first-order valence-electron chi connectivity index (χ1n) is 5.30. The van der Waals surface area contributed by atoms with E-state index in [0.717, 1.165) is 16.7 Å². The maximum Gasteiger partial charge on any atom is 0.262 e. The van der Waals surface area contributed by atoms with Gasteiger partial charge >= 0.3 is 0 Å². The standard InChI is InChI=1S/C13H15N2O/c1-9-11-7-10(8-14)5-6-12(11)15(16-9)13(2,3)4/h5-7H,1-4H3/q+1. The SMILES string of the molecule is Cc1o[n+](C(C)(C)C)c2ccc(C#N)cc12. The van der Waals surface area contributed by atoms with E-state index in [1.165, 1.54) is 0 Å². The Balaban J connectivity index is 2.78. The number of fused-ring (bicyclic) bond motifs is 1. The van der Waals surface area contributed by atoms with Gasteiger partial charge in [-0.05, 0) is 16.9 Å². The molecule has 3 heteroatoms. The Hall–Kier alpha value is -1.82. The third kappa shape index (κ3) is 1.57. The van der Waals surface area contributed by atoms with Crippen LogP contribution in [0.2, 0.25) is 0 Å². The van der Waals surface area contributed by atoms with Crippen LogP contribution in [0.25, 0.3) is 10.9 Å². The third-order valence-electron chi connectivity index (χ3n) is 2.56. The predicted octanol–water partition coefficient (Wildman–Crippen LogP) is 2.66. The summed E-state index contributed by atoms with van der Waals surface area (Å²) in [5.41, 5.74) is 1.60. The molecule has 1 aromatic carbocycles. The van der Waals surface area contributed by atoms with Gasteiger partial charge in [-0.3, -0.25) is 0 Å². The first kappa shape index (κ1) is 10.7. The molecule has 0 fully saturated rings. The van der Waals surface area contributed by atoms with Crippen LogP contribution in [0.5, 0.6) is 0 Å². The van der Waals surface area contributed by atoms with Crippen molar-refractivity contribution in [2.24, 2.45) is 0 Å². The molecule has 0 bridgehead atoms. The lowest BCUT2D eigenvalue weighted by atomic mass is 10.1.